The molecule has 0 atom stereocenters. The van der Waals surface area contributed by atoms with Gasteiger partial charge in [-0.2, -0.15) is 0 Å². The first-order chi connectivity index (χ1) is 9.15. The zero-order valence-electron chi connectivity index (χ0n) is 10.9. The predicted octanol–water partition coefficient (Wildman–Crippen LogP) is 3.56. The highest BCUT2D eigenvalue weighted by atomic mass is 79.9. The van der Waals surface area contributed by atoms with E-state index in [0.717, 1.165) is 28.2 Å². The molecular weight excluding hydrogens is 374 g/mol. The molecule has 2 rings (SSSR count). The van der Waals surface area contributed by atoms with Gasteiger partial charge in [-0.25, -0.2) is 0 Å². The van der Waals surface area contributed by atoms with E-state index >= 15 is 0 Å². The molecular formula is C13H15Br2N3O. The Kier molecular flexibility index (Phi) is 5.13. The van der Waals surface area contributed by atoms with Crippen LogP contribution in [-0.4, -0.2) is 28.5 Å². The summed E-state index contributed by atoms with van der Waals surface area (Å²) in [6, 6.07) is 6.24. The van der Waals surface area contributed by atoms with Gasteiger partial charge in [0.1, 0.15) is 5.82 Å². The molecule has 4 nitrogen and oxygen atoms in total. The highest BCUT2D eigenvalue weighted by Crippen LogP contribution is 2.24. The Morgan fingerprint density at radius 3 is 2.68 bits per heavy atom. The molecule has 0 fully saturated rings. The number of hydrogen-bond donors (Lipinski definition) is 0. The highest BCUT2D eigenvalue weighted by Gasteiger charge is 2.13. The van der Waals surface area contributed by atoms with E-state index in [9.17, 15) is 0 Å². The lowest BCUT2D eigenvalue weighted by Crippen LogP contribution is -2.09. The van der Waals surface area contributed by atoms with E-state index in [1.165, 1.54) is 5.56 Å². The van der Waals surface area contributed by atoms with Crippen LogP contribution in [0.4, 0.5) is 0 Å². The first-order valence-corrected chi connectivity index (χ1v) is 7.81. The number of alkyl halides is 1. The number of benzene rings is 1. The van der Waals surface area contributed by atoms with E-state index in [4.69, 9.17) is 4.74 Å². The van der Waals surface area contributed by atoms with Crippen LogP contribution >= 0.6 is 31.9 Å². The van der Waals surface area contributed by atoms with Crippen molar-refractivity contribution in [2.45, 2.75) is 18.8 Å². The van der Waals surface area contributed by atoms with Gasteiger partial charge in [-0.3, -0.25) is 0 Å². The Balaban J connectivity index is 2.45. The van der Waals surface area contributed by atoms with Gasteiger partial charge in [-0.1, -0.05) is 31.9 Å². The van der Waals surface area contributed by atoms with Gasteiger partial charge in [0, 0.05) is 23.7 Å². The summed E-state index contributed by atoms with van der Waals surface area (Å²) in [5.74, 6) is 1.78. The Morgan fingerprint density at radius 2 is 2.05 bits per heavy atom. The number of methoxy groups -OCH3 is 1. The molecule has 0 spiro atoms. The maximum atomic E-state index is 5.15. The highest BCUT2D eigenvalue weighted by molar-refractivity contribution is 9.10. The summed E-state index contributed by atoms with van der Waals surface area (Å²) >= 11 is 6.96. The van der Waals surface area contributed by atoms with Gasteiger partial charge in [-0.15, -0.1) is 10.2 Å². The van der Waals surface area contributed by atoms with E-state index in [1.54, 1.807) is 7.11 Å². The van der Waals surface area contributed by atoms with Crippen molar-refractivity contribution in [3.05, 3.63) is 34.1 Å². The van der Waals surface area contributed by atoms with Crippen LogP contribution in [-0.2, 0) is 16.6 Å². The Morgan fingerprint density at radius 1 is 1.26 bits per heavy atom. The summed E-state index contributed by atoms with van der Waals surface area (Å²) < 4.78 is 8.28. The molecule has 1 aromatic heterocycles. The number of aromatic nitrogens is 3. The molecule has 0 radical (unpaired) electrons. The Bertz CT molecular complexity index is 549. The summed E-state index contributed by atoms with van der Waals surface area (Å²) in [7, 11) is 1.70. The molecule has 2 aromatic rings. The summed E-state index contributed by atoms with van der Waals surface area (Å²) in [6.45, 7) is 3.44. The maximum absolute atomic E-state index is 5.15. The lowest BCUT2D eigenvalue weighted by molar-refractivity contribution is 0.187. The van der Waals surface area contributed by atoms with Gasteiger partial charge in [-0.05, 0) is 30.7 Å². The molecule has 102 valence electrons. The minimum Gasteiger partial charge on any atom is -0.383 e. The summed E-state index contributed by atoms with van der Waals surface area (Å²) in [6.07, 6.45) is 0. The molecule has 0 unspecified atom stereocenters. The van der Waals surface area contributed by atoms with Crippen molar-refractivity contribution >= 4 is 31.9 Å². The normalized spacial score (nSPS) is 10.9. The lowest BCUT2D eigenvalue weighted by Gasteiger charge is -2.09. The molecule has 6 heteroatoms. The van der Waals surface area contributed by atoms with Crippen molar-refractivity contribution in [3.8, 4) is 11.4 Å². The monoisotopic (exact) mass is 387 g/mol. The molecule has 0 aliphatic carbocycles. The van der Waals surface area contributed by atoms with Gasteiger partial charge >= 0.3 is 0 Å². The first kappa shape index (κ1) is 14.7. The minimum atomic E-state index is 0.637. The minimum absolute atomic E-state index is 0.637. The molecule has 0 amide bonds. The third-order valence-corrected chi connectivity index (χ3v) is 3.73. The first-order valence-electron chi connectivity index (χ1n) is 5.90. The van der Waals surface area contributed by atoms with Crippen LogP contribution in [0.25, 0.3) is 11.4 Å². The summed E-state index contributed by atoms with van der Waals surface area (Å²) in [4.78, 5) is 0. The second kappa shape index (κ2) is 6.63. The third-order valence-electron chi connectivity index (χ3n) is 2.77. The van der Waals surface area contributed by atoms with Gasteiger partial charge < -0.3 is 9.30 Å². The maximum Gasteiger partial charge on any atom is 0.164 e. The van der Waals surface area contributed by atoms with Crippen molar-refractivity contribution in [2.75, 3.05) is 13.7 Å². The largest absolute Gasteiger partial charge is 0.383 e. The summed E-state index contributed by atoms with van der Waals surface area (Å²) in [5.41, 5.74) is 2.24. The van der Waals surface area contributed by atoms with E-state index < -0.39 is 0 Å². The van der Waals surface area contributed by atoms with Gasteiger partial charge in [0.15, 0.2) is 5.82 Å². The van der Waals surface area contributed by atoms with Crippen molar-refractivity contribution in [2.24, 2.45) is 0 Å². The topological polar surface area (TPSA) is 39.9 Å². The van der Waals surface area contributed by atoms with Crippen LogP contribution in [0.1, 0.15) is 11.4 Å². The van der Waals surface area contributed by atoms with E-state index in [2.05, 4.69) is 71.7 Å². The van der Waals surface area contributed by atoms with Gasteiger partial charge in [0.05, 0.1) is 11.9 Å². The van der Waals surface area contributed by atoms with Gasteiger partial charge in [0.2, 0.25) is 0 Å². The number of halogens is 2. The molecule has 0 N–H and O–H groups in total. The zero-order chi connectivity index (χ0) is 13.8. The smallest absolute Gasteiger partial charge is 0.164 e. The SMILES string of the molecule is COCCn1c(CBr)nnc1-c1cc(C)cc(Br)c1. The zero-order valence-corrected chi connectivity index (χ0v) is 14.0. The van der Waals surface area contributed by atoms with Crippen molar-refractivity contribution in [1.29, 1.82) is 0 Å². The quantitative estimate of drug-likeness (QED) is 0.735. The van der Waals surface area contributed by atoms with E-state index in [1.807, 2.05) is 0 Å². The molecule has 1 heterocycles. The standard InChI is InChI=1S/C13H15Br2N3O/c1-9-5-10(7-11(15)6-9)13-17-16-12(8-14)18(13)3-4-19-2/h5-7H,3-4,8H2,1-2H3. The van der Waals surface area contributed by atoms with Crippen LogP contribution in [0.15, 0.2) is 22.7 Å². The fourth-order valence-corrected chi connectivity index (χ4v) is 2.95. The lowest BCUT2D eigenvalue weighted by atomic mass is 10.1. The fourth-order valence-electron chi connectivity index (χ4n) is 1.93. The van der Waals surface area contributed by atoms with E-state index in [-0.39, 0.29) is 0 Å². The Labute approximate surface area is 129 Å². The van der Waals surface area contributed by atoms with Crippen LogP contribution in [0, 0.1) is 6.92 Å². The van der Waals surface area contributed by atoms with Crippen LogP contribution in [0.3, 0.4) is 0 Å². The number of rotatable bonds is 5. The van der Waals surface area contributed by atoms with E-state index in [0.29, 0.717) is 11.9 Å². The number of nitrogens with zero attached hydrogens (tertiary/aromatic N) is 3. The number of hydrogen-bond acceptors (Lipinski definition) is 3. The van der Waals surface area contributed by atoms with Crippen LogP contribution in [0.2, 0.25) is 0 Å². The second-order valence-corrected chi connectivity index (χ2v) is 5.71. The molecule has 0 aliphatic heterocycles. The average Bonchev–Trinajstić information content (AvgIpc) is 2.77. The molecule has 0 saturated heterocycles. The molecule has 0 saturated carbocycles. The molecule has 0 aliphatic rings. The third kappa shape index (κ3) is 3.43. The predicted molar refractivity (Wildman–Crippen MR) is 82.4 cm³/mol. The average molecular weight is 389 g/mol. The second-order valence-electron chi connectivity index (χ2n) is 4.24. The summed E-state index contributed by atoms with van der Waals surface area (Å²) in [5, 5.41) is 9.19. The van der Waals surface area contributed by atoms with Crippen molar-refractivity contribution in [1.82, 2.24) is 14.8 Å². The van der Waals surface area contributed by atoms with Crippen LogP contribution in [0.5, 0.6) is 0 Å². The number of aryl methyl sites for hydroxylation is 1. The molecule has 0 bridgehead atoms. The molecule has 1 aromatic carbocycles. The van der Waals surface area contributed by atoms with Gasteiger partial charge in [0.25, 0.3) is 0 Å². The number of ether oxygens (including phenoxy) is 1. The van der Waals surface area contributed by atoms with Crippen LogP contribution < -0.4 is 0 Å². The van der Waals surface area contributed by atoms with Crippen molar-refractivity contribution in [3.63, 3.8) is 0 Å². The molecule has 19 heavy (non-hydrogen) atoms. The van der Waals surface area contributed by atoms with Crippen molar-refractivity contribution < 1.29 is 4.74 Å². The Hall–Kier alpha value is -0.720. The fraction of sp³-hybridized carbons (Fsp3) is 0.385.